The fraction of sp³-hybridized carbons (Fsp3) is 0.857. The summed E-state index contributed by atoms with van der Waals surface area (Å²) in [5.74, 6) is -0.509. The highest BCUT2D eigenvalue weighted by atomic mass is 16.7. The molecule has 20 heavy (non-hydrogen) atoms. The average molecular weight is 288 g/mol. The Morgan fingerprint density at radius 1 is 0.950 bits per heavy atom. The first-order valence-electron chi connectivity index (χ1n) is 6.78. The molecule has 0 fully saturated rings. The molecule has 6 heteroatoms. The summed E-state index contributed by atoms with van der Waals surface area (Å²) >= 11 is 0. The molecule has 0 spiro atoms. The standard InChI is InChI=1S/C14H28N2O4/c1-14(2,3)11(10-13(18)20-16(6)7)8-9-12(17)19-15(4)5/h11H,8-10H2,1-7H3. The Kier molecular flexibility index (Phi) is 7.75. The Morgan fingerprint density at radius 2 is 1.40 bits per heavy atom. The van der Waals surface area contributed by atoms with Crippen molar-refractivity contribution in [2.24, 2.45) is 11.3 Å². The van der Waals surface area contributed by atoms with Crippen LogP contribution in [0.2, 0.25) is 0 Å². The van der Waals surface area contributed by atoms with E-state index in [-0.39, 0.29) is 36.1 Å². The van der Waals surface area contributed by atoms with Crippen LogP contribution in [0.4, 0.5) is 0 Å². The van der Waals surface area contributed by atoms with Gasteiger partial charge >= 0.3 is 11.9 Å². The average Bonchev–Trinajstić information content (AvgIpc) is 2.20. The molecule has 0 amide bonds. The van der Waals surface area contributed by atoms with Gasteiger partial charge in [-0.05, 0) is 17.8 Å². The van der Waals surface area contributed by atoms with Gasteiger partial charge in [-0.3, -0.25) is 9.59 Å². The first-order chi connectivity index (χ1) is 9.02. The number of hydrogen-bond donors (Lipinski definition) is 0. The smallest absolute Gasteiger partial charge is 0.325 e. The predicted molar refractivity (Wildman–Crippen MR) is 76.4 cm³/mol. The number of carbonyl (C=O) groups is 2. The summed E-state index contributed by atoms with van der Waals surface area (Å²) in [5.41, 5.74) is -0.0796. The molecule has 0 saturated carbocycles. The maximum Gasteiger partial charge on any atom is 0.325 e. The second-order valence-electron chi connectivity index (χ2n) is 6.36. The molecule has 0 aliphatic heterocycles. The van der Waals surface area contributed by atoms with E-state index < -0.39 is 0 Å². The quantitative estimate of drug-likeness (QED) is 0.666. The highest BCUT2D eigenvalue weighted by Gasteiger charge is 2.28. The number of rotatable bonds is 7. The fourth-order valence-corrected chi connectivity index (χ4v) is 1.82. The topological polar surface area (TPSA) is 59.1 Å². The summed E-state index contributed by atoms with van der Waals surface area (Å²) in [6.07, 6.45) is 1.17. The van der Waals surface area contributed by atoms with E-state index in [2.05, 4.69) is 20.8 Å². The first kappa shape index (κ1) is 18.9. The third-order valence-electron chi connectivity index (χ3n) is 2.90. The minimum Gasteiger partial charge on any atom is -0.369 e. The van der Waals surface area contributed by atoms with Gasteiger partial charge in [0.05, 0.1) is 6.42 Å². The van der Waals surface area contributed by atoms with Crippen molar-refractivity contribution in [3.8, 4) is 0 Å². The maximum atomic E-state index is 11.7. The molecule has 0 aliphatic carbocycles. The summed E-state index contributed by atoms with van der Waals surface area (Å²) < 4.78 is 0. The minimum atomic E-state index is -0.287. The third kappa shape index (κ3) is 8.87. The van der Waals surface area contributed by atoms with Crippen LogP contribution in [-0.2, 0) is 19.3 Å². The summed E-state index contributed by atoms with van der Waals surface area (Å²) in [5, 5.41) is 2.75. The first-order valence-corrected chi connectivity index (χ1v) is 6.78. The van der Waals surface area contributed by atoms with Gasteiger partial charge in [-0.25, -0.2) is 0 Å². The predicted octanol–water partition coefficient (Wildman–Crippen LogP) is 1.86. The molecular weight excluding hydrogens is 260 g/mol. The number of carbonyl (C=O) groups excluding carboxylic acids is 2. The van der Waals surface area contributed by atoms with Crippen LogP contribution in [0.15, 0.2) is 0 Å². The van der Waals surface area contributed by atoms with Crippen molar-refractivity contribution in [2.75, 3.05) is 28.2 Å². The van der Waals surface area contributed by atoms with E-state index in [9.17, 15) is 9.59 Å². The van der Waals surface area contributed by atoms with Crippen LogP contribution >= 0.6 is 0 Å². The molecular formula is C14H28N2O4. The Morgan fingerprint density at radius 3 is 1.80 bits per heavy atom. The summed E-state index contributed by atoms with van der Waals surface area (Å²) in [7, 11) is 6.65. The molecule has 0 aromatic heterocycles. The van der Waals surface area contributed by atoms with Gasteiger partial charge < -0.3 is 9.68 Å². The van der Waals surface area contributed by atoms with Crippen molar-refractivity contribution >= 4 is 11.9 Å². The van der Waals surface area contributed by atoms with Crippen LogP contribution in [0.25, 0.3) is 0 Å². The van der Waals surface area contributed by atoms with Crippen molar-refractivity contribution < 1.29 is 19.3 Å². The van der Waals surface area contributed by atoms with Crippen molar-refractivity contribution in [3.05, 3.63) is 0 Å². The molecule has 0 heterocycles. The van der Waals surface area contributed by atoms with Gasteiger partial charge in [0.15, 0.2) is 0 Å². The summed E-state index contributed by atoms with van der Waals surface area (Å²) in [6.45, 7) is 6.16. The molecule has 1 atom stereocenters. The van der Waals surface area contributed by atoms with Crippen molar-refractivity contribution in [1.29, 1.82) is 0 Å². The minimum absolute atomic E-state index is 0.0599. The zero-order chi connectivity index (χ0) is 15.9. The normalized spacial score (nSPS) is 13.4. The van der Waals surface area contributed by atoms with Crippen LogP contribution in [0.3, 0.4) is 0 Å². The fourth-order valence-electron chi connectivity index (χ4n) is 1.82. The van der Waals surface area contributed by atoms with E-state index in [1.54, 1.807) is 28.2 Å². The Hall–Kier alpha value is -1.14. The van der Waals surface area contributed by atoms with Gasteiger partial charge in [0.25, 0.3) is 0 Å². The van der Waals surface area contributed by atoms with Gasteiger partial charge in [0.1, 0.15) is 0 Å². The SMILES string of the molecule is CN(C)OC(=O)CCC(CC(=O)ON(C)C)C(C)(C)C. The molecule has 118 valence electrons. The van der Waals surface area contributed by atoms with Crippen LogP contribution < -0.4 is 0 Å². The molecule has 0 N–H and O–H groups in total. The highest BCUT2D eigenvalue weighted by molar-refractivity contribution is 5.70. The Balaban J connectivity index is 4.45. The lowest BCUT2D eigenvalue weighted by Crippen LogP contribution is -2.28. The second-order valence-corrected chi connectivity index (χ2v) is 6.36. The van der Waals surface area contributed by atoms with Crippen molar-refractivity contribution in [3.63, 3.8) is 0 Å². The molecule has 0 saturated heterocycles. The monoisotopic (exact) mass is 288 g/mol. The molecule has 1 unspecified atom stereocenters. The zero-order valence-corrected chi connectivity index (χ0v) is 13.7. The van der Waals surface area contributed by atoms with Gasteiger partial charge in [-0.1, -0.05) is 20.8 Å². The van der Waals surface area contributed by atoms with Gasteiger partial charge in [-0.15, -0.1) is 10.1 Å². The highest BCUT2D eigenvalue weighted by Crippen LogP contribution is 2.33. The second kappa shape index (κ2) is 8.21. The molecule has 6 nitrogen and oxygen atoms in total. The van der Waals surface area contributed by atoms with Crippen molar-refractivity contribution in [1.82, 2.24) is 10.1 Å². The number of nitrogens with zero attached hydrogens (tertiary/aromatic N) is 2. The van der Waals surface area contributed by atoms with Gasteiger partial charge in [0, 0.05) is 34.6 Å². The lowest BCUT2D eigenvalue weighted by Gasteiger charge is -2.30. The van der Waals surface area contributed by atoms with Crippen molar-refractivity contribution in [2.45, 2.75) is 40.0 Å². The number of hydrogen-bond acceptors (Lipinski definition) is 6. The van der Waals surface area contributed by atoms with Crippen LogP contribution in [0.1, 0.15) is 40.0 Å². The van der Waals surface area contributed by atoms with Gasteiger partial charge in [0.2, 0.25) is 0 Å². The van der Waals surface area contributed by atoms with E-state index in [1.165, 1.54) is 10.1 Å². The van der Waals surface area contributed by atoms with E-state index in [0.717, 1.165) is 0 Å². The van der Waals surface area contributed by atoms with Crippen LogP contribution in [-0.4, -0.2) is 50.3 Å². The lowest BCUT2D eigenvalue weighted by atomic mass is 9.76. The van der Waals surface area contributed by atoms with Crippen LogP contribution in [0.5, 0.6) is 0 Å². The molecule has 0 aromatic carbocycles. The van der Waals surface area contributed by atoms with E-state index in [1.807, 2.05) is 0 Å². The Labute approximate surface area is 121 Å². The molecule has 0 radical (unpaired) electrons. The molecule has 0 bridgehead atoms. The number of hydroxylamine groups is 4. The molecule has 0 aromatic rings. The van der Waals surface area contributed by atoms with E-state index >= 15 is 0 Å². The molecule has 0 aliphatic rings. The summed E-state index contributed by atoms with van der Waals surface area (Å²) in [4.78, 5) is 33.3. The van der Waals surface area contributed by atoms with Crippen LogP contribution in [0, 0.1) is 11.3 Å². The molecule has 0 rings (SSSR count). The third-order valence-corrected chi connectivity index (χ3v) is 2.90. The largest absolute Gasteiger partial charge is 0.369 e. The lowest BCUT2D eigenvalue weighted by molar-refractivity contribution is -0.182. The van der Waals surface area contributed by atoms with E-state index in [0.29, 0.717) is 6.42 Å². The van der Waals surface area contributed by atoms with E-state index in [4.69, 9.17) is 9.68 Å². The Bertz CT molecular complexity index is 322. The van der Waals surface area contributed by atoms with Gasteiger partial charge in [-0.2, -0.15) is 0 Å². The zero-order valence-electron chi connectivity index (χ0n) is 13.7. The maximum absolute atomic E-state index is 11.7. The summed E-state index contributed by atoms with van der Waals surface area (Å²) in [6, 6.07) is 0.